The van der Waals surface area contributed by atoms with Crippen molar-refractivity contribution in [2.45, 2.75) is 50.6 Å². The molecule has 1 rings (SSSR count). The molecule has 1 fully saturated rings. The van der Waals surface area contributed by atoms with Crippen molar-refractivity contribution in [2.75, 3.05) is 20.8 Å². The van der Waals surface area contributed by atoms with Crippen molar-refractivity contribution in [3.8, 4) is 0 Å². The van der Waals surface area contributed by atoms with E-state index in [0.717, 1.165) is 12.8 Å². The maximum absolute atomic E-state index is 11.7. The fourth-order valence-corrected chi connectivity index (χ4v) is 2.37. The summed E-state index contributed by atoms with van der Waals surface area (Å²) in [5.41, 5.74) is -0.717. The van der Waals surface area contributed by atoms with Crippen LogP contribution in [0.15, 0.2) is 0 Å². The zero-order chi connectivity index (χ0) is 12.0. The fourth-order valence-electron chi connectivity index (χ4n) is 2.37. The minimum atomic E-state index is -0.717. The molecule has 1 unspecified atom stereocenters. The SMILES string of the molecule is COCC(C)(NC1CCCCC1)C(=O)OC. The largest absolute Gasteiger partial charge is 0.468 e. The van der Waals surface area contributed by atoms with Gasteiger partial charge in [-0.25, -0.2) is 4.79 Å². The van der Waals surface area contributed by atoms with Crippen LogP contribution in [0.25, 0.3) is 0 Å². The van der Waals surface area contributed by atoms with Gasteiger partial charge in [0.05, 0.1) is 13.7 Å². The van der Waals surface area contributed by atoms with E-state index in [1.807, 2.05) is 6.92 Å². The smallest absolute Gasteiger partial charge is 0.328 e. The molecular formula is C12H23NO3. The van der Waals surface area contributed by atoms with Gasteiger partial charge in [-0.2, -0.15) is 0 Å². The molecule has 0 spiro atoms. The second-order valence-electron chi connectivity index (χ2n) is 4.74. The average Bonchev–Trinajstić information content (AvgIpc) is 2.29. The summed E-state index contributed by atoms with van der Waals surface area (Å²) >= 11 is 0. The van der Waals surface area contributed by atoms with Crippen molar-refractivity contribution in [3.63, 3.8) is 0 Å². The van der Waals surface area contributed by atoms with Crippen LogP contribution in [0.5, 0.6) is 0 Å². The maximum Gasteiger partial charge on any atom is 0.328 e. The van der Waals surface area contributed by atoms with E-state index >= 15 is 0 Å². The van der Waals surface area contributed by atoms with Crippen LogP contribution in [0, 0.1) is 0 Å². The molecule has 1 saturated carbocycles. The number of hydrogen-bond acceptors (Lipinski definition) is 4. The van der Waals surface area contributed by atoms with E-state index in [4.69, 9.17) is 9.47 Å². The Morgan fingerprint density at radius 1 is 1.31 bits per heavy atom. The second kappa shape index (κ2) is 6.21. The van der Waals surface area contributed by atoms with E-state index in [-0.39, 0.29) is 5.97 Å². The van der Waals surface area contributed by atoms with Gasteiger partial charge in [0.2, 0.25) is 0 Å². The molecule has 1 aliphatic carbocycles. The van der Waals surface area contributed by atoms with Crippen molar-refractivity contribution < 1.29 is 14.3 Å². The zero-order valence-electron chi connectivity index (χ0n) is 10.5. The van der Waals surface area contributed by atoms with Crippen LogP contribution in [-0.4, -0.2) is 38.4 Å². The topological polar surface area (TPSA) is 47.6 Å². The molecule has 0 aromatic rings. The highest BCUT2D eigenvalue weighted by molar-refractivity contribution is 5.80. The predicted octanol–water partition coefficient (Wildman–Crippen LogP) is 1.49. The first-order valence-electron chi connectivity index (χ1n) is 5.97. The molecular weight excluding hydrogens is 206 g/mol. The van der Waals surface area contributed by atoms with Crippen molar-refractivity contribution in [2.24, 2.45) is 0 Å². The van der Waals surface area contributed by atoms with Crippen molar-refractivity contribution >= 4 is 5.97 Å². The lowest BCUT2D eigenvalue weighted by atomic mass is 9.92. The molecule has 0 heterocycles. The summed E-state index contributed by atoms with van der Waals surface area (Å²) in [5, 5.41) is 3.38. The third-order valence-electron chi connectivity index (χ3n) is 3.20. The summed E-state index contributed by atoms with van der Waals surface area (Å²) < 4.78 is 9.94. The summed E-state index contributed by atoms with van der Waals surface area (Å²) in [6, 6.07) is 0.410. The Bertz CT molecular complexity index is 226. The van der Waals surface area contributed by atoms with Gasteiger partial charge < -0.3 is 9.47 Å². The Balaban J connectivity index is 2.58. The minimum Gasteiger partial charge on any atom is -0.468 e. The normalized spacial score (nSPS) is 21.4. The first-order chi connectivity index (χ1) is 7.62. The molecule has 4 heteroatoms. The molecule has 0 amide bonds. The monoisotopic (exact) mass is 229 g/mol. The number of methoxy groups -OCH3 is 2. The maximum atomic E-state index is 11.7. The highest BCUT2D eigenvalue weighted by atomic mass is 16.5. The number of esters is 1. The van der Waals surface area contributed by atoms with Crippen LogP contribution in [-0.2, 0) is 14.3 Å². The molecule has 0 aromatic carbocycles. The van der Waals surface area contributed by atoms with Crippen LogP contribution in [0.4, 0.5) is 0 Å². The molecule has 94 valence electrons. The Kier molecular flexibility index (Phi) is 5.22. The van der Waals surface area contributed by atoms with Crippen LogP contribution in [0.2, 0.25) is 0 Å². The molecule has 1 aliphatic rings. The fraction of sp³-hybridized carbons (Fsp3) is 0.917. The molecule has 1 atom stereocenters. The number of hydrogen-bond donors (Lipinski definition) is 1. The summed E-state index contributed by atoms with van der Waals surface area (Å²) in [4.78, 5) is 11.7. The van der Waals surface area contributed by atoms with Gasteiger partial charge in [0.25, 0.3) is 0 Å². The van der Waals surface area contributed by atoms with Crippen molar-refractivity contribution in [1.82, 2.24) is 5.32 Å². The van der Waals surface area contributed by atoms with E-state index in [1.54, 1.807) is 7.11 Å². The van der Waals surface area contributed by atoms with Gasteiger partial charge in [0.1, 0.15) is 5.54 Å². The average molecular weight is 229 g/mol. The third kappa shape index (κ3) is 3.46. The Labute approximate surface area is 97.7 Å². The molecule has 0 saturated heterocycles. The lowest BCUT2D eigenvalue weighted by Crippen LogP contribution is -2.57. The minimum absolute atomic E-state index is 0.250. The number of ether oxygens (including phenoxy) is 2. The van der Waals surface area contributed by atoms with E-state index < -0.39 is 5.54 Å². The first-order valence-corrected chi connectivity index (χ1v) is 5.97. The van der Waals surface area contributed by atoms with Crippen LogP contribution >= 0.6 is 0 Å². The summed E-state index contributed by atoms with van der Waals surface area (Å²) in [7, 11) is 3.02. The highest BCUT2D eigenvalue weighted by Gasteiger charge is 2.36. The van der Waals surface area contributed by atoms with Gasteiger partial charge in [-0.3, -0.25) is 5.32 Å². The van der Waals surface area contributed by atoms with E-state index in [9.17, 15) is 4.79 Å². The van der Waals surface area contributed by atoms with Gasteiger partial charge in [0, 0.05) is 13.2 Å². The van der Waals surface area contributed by atoms with Crippen LogP contribution in [0.1, 0.15) is 39.0 Å². The summed E-state index contributed by atoms with van der Waals surface area (Å²) in [5.74, 6) is -0.250. The molecule has 4 nitrogen and oxygen atoms in total. The highest BCUT2D eigenvalue weighted by Crippen LogP contribution is 2.20. The quantitative estimate of drug-likeness (QED) is 0.726. The molecule has 1 N–H and O–H groups in total. The number of nitrogens with one attached hydrogen (secondary N) is 1. The Morgan fingerprint density at radius 2 is 1.94 bits per heavy atom. The number of carbonyl (C=O) groups is 1. The standard InChI is InChI=1S/C12H23NO3/c1-12(9-15-2,11(14)16-3)13-10-7-5-4-6-8-10/h10,13H,4-9H2,1-3H3. The molecule has 16 heavy (non-hydrogen) atoms. The number of carbonyl (C=O) groups excluding carboxylic acids is 1. The van der Waals surface area contributed by atoms with Gasteiger partial charge in [-0.05, 0) is 19.8 Å². The molecule has 0 radical (unpaired) electrons. The Morgan fingerprint density at radius 3 is 2.44 bits per heavy atom. The molecule has 0 bridgehead atoms. The second-order valence-corrected chi connectivity index (χ2v) is 4.74. The van der Waals surface area contributed by atoms with Crippen LogP contribution < -0.4 is 5.32 Å². The van der Waals surface area contributed by atoms with E-state index in [1.165, 1.54) is 26.4 Å². The third-order valence-corrected chi connectivity index (χ3v) is 3.20. The zero-order valence-corrected chi connectivity index (χ0v) is 10.5. The van der Waals surface area contributed by atoms with Gasteiger partial charge in [-0.15, -0.1) is 0 Å². The molecule has 0 aliphatic heterocycles. The van der Waals surface area contributed by atoms with E-state index in [2.05, 4.69) is 5.32 Å². The summed E-state index contributed by atoms with van der Waals surface area (Å²) in [6.45, 7) is 2.19. The number of rotatable bonds is 5. The van der Waals surface area contributed by atoms with Crippen molar-refractivity contribution in [3.05, 3.63) is 0 Å². The first kappa shape index (κ1) is 13.5. The predicted molar refractivity (Wildman–Crippen MR) is 62.3 cm³/mol. The lowest BCUT2D eigenvalue weighted by molar-refractivity contribution is -0.150. The van der Waals surface area contributed by atoms with Gasteiger partial charge in [-0.1, -0.05) is 19.3 Å². The van der Waals surface area contributed by atoms with Gasteiger partial charge in [0.15, 0.2) is 0 Å². The molecule has 0 aromatic heterocycles. The van der Waals surface area contributed by atoms with E-state index in [0.29, 0.717) is 12.6 Å². The Hall–Kier alpha value is -0.610. The van der Waals surface area contributed by atoms with Gasteiger partial charge >= 0.3 is 5.97 Å². The van der Waals surface area contributed by atoms with Crippen LogP contribution in [0.3, 0.4) is 0 Å². The summed E-state index contributed by atoms with van der Waals surface area (Å²) in [6.07, 6.45) is 6.05. The lowest BCUT2D eigenvalue weighted by Gasteiger charge is -2.33. The van der Waals surface area contributed by atoms with Crippen molar-refractivity contribution in [1.29, 1.82) is 0 Å².